The van der Waals surface area contributed by atoms with Crippen molar-refractivity contribution in [3.8, 4) is 0 Å². The molecule has 1 saturated heterocycles. The van der Waals surface area contributed by atoms with Gasteiger partial charge in [0.1, 0.15) is 0 Å². The highest BCUT2D eigenvalue weighted by molar-refractivity contribution is 4.94. The van der Waals surface area contributed by atoms with E-state index in [0.29, 0.717) is 10.8 Å². The average molecular weight is 211 g/mol. The third-order valence-corrected chi connectivity index (χ3v) is 5.03. The van der Waals surface area contributed by atoms with Gasteiger partial charge in [-0.2, -0.15) is 0 Å². The molecular formula is C14H29N. The van der Waals surface area contributed by atoms with Gasteiger partial charge in [-0.05, 0) is 43.2 Å². The normalized spacial score (nSPS) is 24.8. The van der Waals surface area contributed by atoms with Crippen molar-refractivity contribution in [2.45, 2.75) is 66.2 Å². The SMILES string of the molecule is CCCCC(C)(CC)C1(C)CCNCC1. The third kappa shape index (κ3) is 2.75. The van der Waals surface area contributed by atoms with Crippen LogP contribution in [0.5, 0.6) is 0 Å². The van der Waals surface area contributed by atoms with Crippen LogP contribution in [-0.2, 0) is 0 Å². The molecule has 0 saturated carbocycles. The molecule has 1 aliphatic rings. The maximum Gasteiger partial charge on any atom is -0.00435 e. The van der Waals surface area contributed by atoms with Crippen LogP contribution in [0.2, 0.25) is 0 Å². The van der Waals surface area contributed by atoms with Crippen LogP contribution in [0.3, 0.4) is 0 Å². The van der Waals surface area contributed by atoms with E-state index in [-0.39, 0.29) is 0 Å². The Labute approximate surface area is 96.0 Å². The standard InChI is InChI=1S/C14H29N/c1-5-7-8-13(3,6-2)14(4)9-11-15-12-10-14/h15H,5-12H2,1-4H3. The Bertz CT molecular complexity index is 182. The summed E-state index contributed by atoms with van der Waals surface area (Å²) in [6, 6.07) is 0. The van der Waals surface area contributed by atoms with Crippen LogP contribution in [0.1, 0.15) is 66.2 Å². The van der Waals surface area contributed by atoms with Crippen LogP contribution in [0, 0.1) is 10.8 Å². The van der Waals surface area contributed by atoms with Crippen molar-refractivity contribution >= 4 is 0 Å². The molecule has 0 aromatic heterocycles. The van der Waals surface area contributed by atoms with E-state index in [1.807, 2.05) is 0 Å². The van der Waals surface area contributed by atoms with Crippen LogP contribution in [0.25, 0.3) is 0 Å². The first-order chi connectivity index (χ1) is 7.08. The Balaban J connectivity index is 2.68. The largest absolute Gasteiger partial charge is 0.317 e. The summed E-state index contributed by atoms with van der Waals surface area (Å²) in [6.07, 6.45) is 8.21. The van der Waals surface area contributed by atoms with Gasteiger partial charge in [0.2, 0.25) is 0 Å². The van der Waals surface area contributed by atoms with Gasteiger partial charge >= 0.3 is 0 Å². The summed E-state index contributed by atoms with van der Waals surface area (Å²) in [4.78, 5) is 0. The first-order valence-electron chi connectivity index (χ1n) is 6.79. The molecule has 15 heavy (non-hydrogen) atoms. The molecule has 1 heterocycles. The Morgan fingerprint density at radius 1 is 1.20 bits per heavy atom. The van der Waals surface area contributed by atoms with Gasteiger partial charge in [0.15, 0.2) is 0 Å². The summed E-state index contributed by atoms with van der Waals surface area (Å²) < 4.78 is 0. The fourth-order valence-corrected chi connectivity index (χ4v) is 3.05. The Hall–Kier alpha value is -0.0400. The Morgan fingerprint density at radius 3 is 2.27 bits per heavy atom. The minimum Gasteiger partial charge on any atom is -0.317 e. The van der Waals surface area contributed by atoms with Gasteiger partial charge < -0.3 is 5.32 Å². The van der Waals surface area contributed by atoms with Crippen molar-refractivity contribution in [2.24, 2.45) is 10.8 Å². The summed E-state index contributed by atoms with van der Waals surface area (Å²) in [5.74, 6) is 0. The van der Waals surface area contributed by atoms with E-state index in [2.05, 4.69) is 33.0 Å². The van der Waals surface area contributed by atoms with E-state index >= 15 is 0 Å². The van der Waals surface area contributed by atoms with Crippen LogP contribution < -0.4 is 5.32 Å². The van der Waals surface area contributed by atoms with Gasteiger partial charge in [-0.25, -0.2) is 0 Å². The van der Waals surface area contributed by atoms with Crippen molar-refractivity contribution in [3.63, 3.8) is 0 Å². The van der Waals surface area contributed by atoms with E-state index in [0.717, 1.165) is 0 Å². The minimum atomic E-state index is 0.561. The average Bonchev–Trinajstić information content (AvgIpc) is 2.26. The molecule has 1 fully saturated rings. The Kier molecular flexibility index (Phi) is 4.64. The fourth-order valence-electron chi connectivity index (χ4n) is 3.05. The van der Waals surface area contributed by atoms with Crippen molar-refractivity contribution < 1.29 is 0 Å². The molecular weight excluding hydrogens is 182 g/mol. The molecule has 1 aliphatic heterocycles. The molecule has 1 atom stereocenters. The first kappa shape index (κ1) is 13.0. The van der Waals surface area contributed by atoms with Gasteiger partial charge in [-0.1, -0.05) is 47.0 Å². The monoisotopic (exact) mass is 211 g/mol. The van der Waals surface area contributed by atoms with Crippen LogP contribution >= 0.6 is 0 Å². The highest BCUT2D eigenvalue weighted by Crippen LogP contribution is 2.50. The molecule has 0 aliphatic carbocycles. The molecule has 1 nitrogen and oxygen atoms in total. The highest BCUT2D eigenvalue weighted by atomic mass is 14.9. The number of hydrogen-bond donors (Lipinski definition) is 1. The van der Waals surface area contributed by atoms with Crippen LogP contribution in [0.4, 0.5) is 0 Å². The molecule has 0 aromatic carbocycles. The summed E-state index contributed by atoms with van der Waals surface area (Å²) in [5, 5.41) is 3.49. The number of hydrogen-bond acceptors (Lipinski definition) is 1. The number of piperidine rings is 1. The number of unbranched alkanes of at least 4 members (excludes halogenated alkanes) is 1. The second-order valence-electron chi connectivity index (χ2n) is 5.83. The van der Waals surface area contributed by atoms with Crippen molar-refractivity contribution in [1.82, 2.24) is 5.32 Å². The lowest BCUT2D eigenvalue weighted by Crippen LogP contribution is -2.45. The molecule has 0 bridgehead atoms. The number of rotatable bonds is 5. The second-order valence-corrected chi connectivity index (χ2v) is 5.83. The van der Waals surface area contributed by atoms with Gasteiger partial charge in [-0.3, -0.25) is 0 Å². The zero-order valence-electron chi connectivity index (χ0n) is 11.2. The zero-order valence-corrected chi connectivity index (χ0v) is 11.2. The predicted molar refractivity (Wildman–Crippen MR) is 68.1 cm³/mol. The number of nitrogens with one attached hydrogen (secondary N) is 1. The fraction of sp³-hybridized carbons (Fsp3) is 1.00. The Morgan fingerprint density at radius 2 is 1.80 bits per heavy atom. The minimum absolute atomic E-state index is 0.561. The van der Waals surface area contributed by atoms with Gasteiger partial charge in [0.05, 0.1) is 0 Å². The summed E-state index contributed by atoms with van der Waals surface area (Å²) in [6.45, 7) is 12.2. The lowest BCUT2D eigenvalue weighted by Gasteiger charge is -2.49. The third-order valence-electron chi connectivity index (χ3n) is 5.03. The quantitative estimate of drug-likeness (QED) is 0.725. The molecule has 0 amide bonds. The topological polar surface area (TPSA) is 12.0 Å². The summed E-state index contributed by atoms with van der Waals surface area (Å²) in [5.41, 5.74) is 1.13. The van der Waals surface area contributed by atoms with Crippen molar-refractivity contribution in [3.05, 3.63) is 0 Å². The second kappa shape index (κ2) is 5.34. The summed E-state index contributed by atoms with van der Waals surface area (Å²) >= 11 is 0. The maximum absolute atomic E-state index is 3.49. The van der Waals surface area contributed by atoms with E-state index in [4.69, 9.17) is 0 Å². The lowest BCUT2D eigenvalue weighted by molar-refractivity contribution is 0.0209. The van der Waals surface area contributed by atoms with Crippen LogP contribution in [0.15, 0.2) is 0 Å². The highest BCUT2D eigenvalue weighted by Gasteiger charge is 2.42. The van der Waals surface area contributed by atoms with E-state index < -0.39 is 0 Å². The lowest BCUT2D eigenvalue weighted by atomic mass is 9.58. The molecule has 0 radical (unpaired) electrons. The summed E-state index contributed by atoms with van der Waals surface area (Å²) in [7, 11) is 0. The molecule has 1 rings (SSSR count). The van der Waals surface area contributed by atoms with E-state index in [1.165, 1.54) is 51.6 Å². The smallest absolute Gasteiger partial charge is 0.00435 e. The maximum atomic E-state index is 3.49. The van der Waals surface area contributed by atoms with Gasteiger partial charge in [0, 0.05) is 0 Å². The first-order valence-corrected chi connectivity index (χ1v) is 6.79. The van der Waals surface area contributed by atoms with Gasteiger partial charge in [0.25, 0.3) is 0 Å². The van der Waals surface area contributed by atoms with Gasteiger partial charge in [-0.15, -0.1) is 0 Å². The molecule has 1 N–H and O–H groups in total. The molecule has 0 spiro atoms. The predicted octanol–water partition coefficient (Wildman–Crippen LogP) is 3.98. The van der Waals surface area contributed by atoms with Crippen molar-refractivity contribution in [2.75, 3.05) is 13.1 Å². The molecule has 1 heteroatoms. The zero-order chi connectivity index (χ0) is 11.4. The molecule has 0 aromatic rings. The molecule has 90 valence electrons. The molecule has 1 unspecified atom stereocenters. The van der Waals surface area contributed by atoms with E-state index in [9.17, 15) is 0 Å². The van der Waals surface area contributed by atoms with Crippen LogP contribution in [-0.4, -0.2) is 13.1 Å². The van der Waals surface area contributed by atoms with Crippen molar-refractivity contribution in [1.29, 1.82) is 0 Å². The van der Waals surface area contributed by atoms with E-state index in [1.54, 1.807) is 0 Å².